The van der Waals surface area contributed by atoms with E-state index in [1.54, 1.807) is 0 Å². The van der Waals surface area contributed by atoms with Crippen molar-refractivity contribution in [3.05, 3.63) is 57.1 Å². The van der Waals surface area contributed by atoms with Crippen LogP contribution in [0, 0.1) is 48.5 Å². The highest BCUT2D eigenvalue weighted by Crippen LogP contribution is 2.26. The zero-order valence-corrected chi connectivity index (χ0v) is 18.5. The molecule has 0 aliphatic rings. The van der Waals surface area contributed by atoms with E-state index < -0.39 is 0 Å². The molecule has 0 radical (unpaired) electrons. The van der Waals surface area contributed by atoms with Gasteiger partial charge < -0.3 is 15.5 Å². The number of anilines is 2. The number of nitrogens with one attached hydrogen (secondary N) is 2. The summed E-state index contributed by atoms with van der Waals surface area (Å²) >= 11 is 0. The van der Waals surface area contributed by atoms with Crippen molar-refractivity contribution in [1.82, 2.24) is 4.90 Å². The lowest BCUT2D eigenvalue weighted by Crippen LogP contribution is -2.30. The van der Waals surface area contributed by atoms with Crippen LogP contribution in [-0.4, -0.2) is 38.1 Å². The molecule has 0 saturated carbocycles. The average molecular weight is 368 g/mol. The lowest BCUT2D eigenvalue weighted by molar-refractivity contribution is 0.361. The Kier molecular flexibility index (Phi) is 7.32. The number of rotatable bonds is 8. The van der Waals surface area contributed by atoms with E-state index in [1.807, 2.05) is 0 Å². The molecule has 3 heteroatoms. The number of nitrogens with zero attached hydrogens (tertiary/aromatic N) is 1. The van der Waals surface area contributed by atoms with Crippen LogP contribution < -0.4 is 10.6 Å². The monoisotopic (exact) mass is 367 g/mol. The van der Waals surface area contributed by atoms with Gasteiger partial charge in [0.15, 0.2) is 0 Å². The topological polar surface area (TPSA) is 27.3 Å². The van der Waals surface area contributed by atoms with Crippen LogP contribution in [-0.2, 0) is 0 Å². The molecule has 0 heterocycles. The van der Waals surface area contributed by atoms with Gasteiger partial charge in [0.05, 0.1) is 0 Å². The Labute approximate surface area is 166 Å². The third kappa shape index (κ3) is 5.49. The molecule has 0 spiro atoms. The van der Waals surface area contributed by atoms with Crippen LogP contribution in [0.1, 0.15) is 38.9 Å². The van der Waals surface area contributed by atoms with Crippen molar-refractivity contribution in [2.45, 2.75) is 48.5 Å². The van der Waals surface area contributed by atoms with Gasteiger partial charge in [0.2, 0.25) is 0 Å². The second kappa shape index (κ2) is 9.27. The van der Waals surface area contributed by atoms with Crippen molar-refractivity contribution in [3.63, 3.8) is 0 Å². The number of aryl methyl sites for hydroxylation is 5. The van der Waals surface area contributed by atoms with Crippen LogP contribution in [0.5, 0.6) is 0 Å². The summed E-state index contributed by atoms with van der Waals surface area (Å²) in [5.74, 6) is 0. The largest absolute Gasteiger partial charge is 0.383 e. The molecule has 0 amide bonds. The quantitative estimate of drug-likeness (QED) is 0.663. The minimum atomic E-state index is 0.961. The first-order valence-corrected chi connectivity index (χ1v) is 10.0. The molecule has 27 heavy (non-hydrogen) atoms. The Morgan fingerprint density at radius 1 is 0.630 bits per heavy atom. The van der Waals surface area contributed by atoms with Gasteiger partial charge in [-0.05, 0) is 88.9 Å². The first-order chi connectivity index (χ1) is 12.7. The smallest absolute Gasteiger partial charge is 0.0402 e. The number of likely N-dealkylation sites (N-methyl/N-ethyl adjacent to an activating group) is 1. The van der Waals surface area contributed by atoms with Crippen LogP contribution in [0.4, 0.5) is 11.4 Å². The first kappa shape index (κ1) is 21.3. The Morgan fingerprint density at radius 3 is 1.67 bits per heavy atom. The lowest BCUT2D eigenvalue weighted by atomic mass is 9.98. The van der Waals surface area contributed by atoms with Crippen LogP contribution >= 0.6 is 0 Å². The highest BCUT2D eigenvalue weighted by molar-refractivity contribution is 5.61. The van der Waals surface area contributed by atoms with E-state index in [4.69, 9.17) is 0 Å². The molecular weight excluding hydrogens is 330 g/mol. The SMILES string of the molecule is Cc1cc(C)c(NCCN(C)CCNc2c(C)cc(C)c(C)c2C)c(C)c1. The standard InChI is InChI=1S/C24H37N3/c1-16-13-18(3)23(19(4)14-16)25-9-11-27(8)12-10-26-24-20(5)15-17(2)21(6)22(24)7/h13-15,25-26H,9-12H2,1-8H3. The van der Waals surface area contributed by atoms with Crippen molar-refractivity contribution in [1.29, 1.82) is 0 Å². The molecule has 0 aliphatic heterocycles. The van der Waals surface area contributed by atoms with Gasteiger partial charge in [-0.25, -0.2) is 0 Å². The maximum Gasteiger partial charge on any atom is 0.0402 e. The predicted octanol–water partition coefficient (Wildman–Crippen LogP) is 5.30. The van der Waals surface area contributed by atoms with Gasteiger partial charge in [-0.1, -0.05) is 23.8 Å². The van der Waals surface area contributed by atoms with Crippen LogP contribution in [0.2, 0.25) is 0 Å². The summed E-state index contributed by atoms with van der Waals surface area (Å²) in [5.41, 5.74) is 12.1. The zero-order valence-electron chi connectivity index (χ0n) is 18.5. The summed E-state index contributed by atoms with van der Waals surface area (Å²) in [4.78, 5) is 2.38. The molecule has 0 bridgehead atoms. The summed E-state index contributed by atoms with van der Waals surface area (Å²) in [7, 11) is 2.19. The second-order valence-electron chi connectivity index (χ2n) is 8.07. The molecule has 2 rings (SSSR count). The Bertz CT molecular complexity index is 770. The molecule has 0 aromatic heterocycles. The fourth-order valence-corrected chi connectivity index (χ4v) is 3.87. The van der Waals surface area contributed by atoms with E-state index in [-0.39, 0.29) is 0 Å². The Balaban J connectivity index is 1.81. The van der Waals surface area contributed by atoms with Crippen LogP contribution in [0.15, 0.2) is 18.2 Å². The normalized spacial score (nSPS) is 11.1. The van der Waals surface area contributed by atoms with Gasteiger partial charge in [-0.3, -0.25) is 0 Å². The molecule has 0 fully saturated rings. The van der Waals surface area contributed by atoms with E-state index in [2.05, 4.69) is 89.2 Å². The molecule has 0 atom stereocenters. The summed E-state index contributed by atoms with van der Waals surface area (Å²) in [6, 6.07) is 6.78. The van der Waals surface area contributed by atoms with Crippen molar-refractivity contribution < 1.29 is 0 Å². The summed E-state index contributed by atoms with van der Waals surface area (Å²) < 4.78 is 0. The highest BCUT2D eigenvalue weighted by Gasteiger charge is 2.08. The molecule has 2 aromatic rings. The third-order valence-electron chi connectivity index (χ3n) is 5.62. The summed E-state index contributed by atoms with van der Waals surface area (Å²) in [6.45, 7) is 19.3. The Hall–Kier alpha value is -2.00. The predicted molar refractivity (Wildman–Crippen MR) is 121 cm³/mol. The van der Waals surface area contributed by atoms with Crippen molar-refractivity contribution >= 4 is 11.4 Å². The lowest BCUT2D eigenvalue weighted by Gasteiger charge is -2.21. The maximum atomic E-state index is 3.65. The van der Waals surface area contributed by atoms with Crippen LogP contribution in [0.3, 0.4) is 0 Å². The van der Waals surface area contributed by atoms with Gasteiger partial charge in [0.25, 0.3) is 0 Å². The first-order valence-electron chi connectivity index (χ1n) is 10.0. The van der Waals surface area contributed by atoms with E-state index in [1.165, 1.54) is 50.3 Å². The number of hydrogen-bond acceptors (Lipinski definition) is 3. The Morgan fingerprint density at radius 2 is 1.11 bits per heavy atom. The van der Waals surface area contributed by atoms with Crippen molar-refractivity contribution in [2.75, 3.05) is 43.9 Å². The molecule has 2 N–H and O–H groups in total. The number of benzene rings is 2. The van der Waals surface area contributed by atoms with Gasteiger partial charge in [-0.2, -0.15) is 0 Å². The van der Waals surface area contributed by atoms with Crippen molar-refractivity contribution in [2.24, 2.45) is 0 Å². The molecule has 0 saturated heterocycles. The zero-order chi connectivity index (χ0) is 20.1. The van der Waals surface area contributed by atoms with Gasteiger partial charge >= 0.3 is 0 Å². The van der Waals surface area contributed by atoms with Gasteiger partial charge in [-0.15, -0.1) is 0 Å². The molecular formula is C24H37N3. The summed E-state index contributed by atoms with van der Waals surface area (Å²) in [5, 5.41) is 7.27. The average Bonchev–Trinajstić information content (AvgIpc) is 2.58. The molecule has 2 aromatic carbocycles. The van der Waals surface area contributed by atoms with E-state index in [0.29, 0.717) is 0 Å². The minimum Gasteiger partial charge on any atom is -0.383 e. The van der Waals surface area contributed by atoms with E-state index in [0.717, 1.165) is 26.2 Å². The minimum absolute atomic E-state index is 0.961. The molecule has 0 aliphatic carbocycles. The molecule has 0 unspecified atom stereocenters. The fraction of sp³-hybridized carbons (Fsp3) is 0.500. The van der Waals surface area contributed by atoms with Crippen LogP contribution in [0.25, 0.3) is 0 Å². The third-order valence-corrected chi connectivity index (χ3v) is 5.62. The highest BCUT2D eigenvalue weighted by atomic mass is 15.1. The maximum absolute atomic E-state index is 3.65. The number of hydrogen-bond donors (Lipinski definition) is 2. The summed E-state index contributed by atoms with van der Waals surface area (Å²) in [6.07, 6.45) is 0. The van der Waals surface area contributed by atoms with Crippen molar-refractivity contribution in [3.8, 4) is 0 Å². The van der Waals surface area contributed by atoms with Gasteiger partial charge in [0, 0.05) is 37.6 Å². The molecule has 148 valence electrons. The van der Waals surface area contributed by atoms with E-state index >= 15 is 0 Å². The fourth-order valence-electron chi connectivity index (χ4n) is 3.87. The molecule has 3 nitrogen and oxygen atoms in total. The van der Waals surface area contributed by atoms with E-state index in [9.17, 15) is 0 Å². The van der Waals surface area contributed by atoms with Gasteiger partial charge in [0.1, 0.15) is 0 Å². The second-order valence-corrected chi connectivity index (χ2v) is 8.07.